The van der Waals surface area contributed by atoms with Crippen LogP contribution >= 0.6 is 11.8 Å². The SMILES string of the molecule is COCC(O)CNC(=O)CSc1ccc(F)cc1F. The zero-order chi connectivity index (χ0) is 14.3. The molecule has 1 unspecified atom stereocenters. The molecule has 1 atom stereocenters. The predicted octanol–water partition coefficient (Wildman–Crippen LogP) is 1.18. The number of hydrogen-bond acceptors (Lipinski definition) is 4. The van der Waals surface area contributed by atoms with Gasteiger partial charge in [-0.1, -0.05) is 0 Å². The molecule has 1 aromatic rings. The first-order valence-corrected chi connectivity index (χ1v) is 6.53. The van der Waals surface area contributed by atoms with Crippen molar-refractivity contribution in [3.63, 3.8) is 0 Å². The Labute approximate surface area is 114 Å². The van der Waals surface area contributed by atoms with Crippen molar-refractivity contribution in [3.8, 4) is 0 Å². The van der Waals surface area contributed by atoms with Crippen LogP contribution in [-0.2, 0) is 9.53 Å². The molecule has 1 amide bonds. The van der Waals surface area contributed by atoms with Gasteiger partial charge in [0.2, 0.25) is 5.91 Å². The van der Waals surface area contributed by atoms with Crippen molar-refractivity contribution >= 4 is 17.7 Å². The number of thioether (sulfide) groups is 1. The van der Waals surface area contributed by atoms with Crippen molar-refractivity contribution in [1.82, 2.24) is 5.32 Å². The molecule has 0 aliphatic heterocycles. The lowest BCUT2D eigenvalue weighted by atomic mass is 10.3. The van der Waals surface area contributed by atoms with Crippen LogP contribution in [0.2, 0.25) is 0 Å². The van der Waals surface area contributed by atoms with E-state index in [0.29, 0.717) is 0 Å². The van der Waals surface area contributed by atoms with Crippen LogP contribution < -0.4 is 5.32 Å². The topological polar surface area (TPSA) is 58.6 Å². The van der Waals surface area contributed by atoms with E-state index in [-0.39, 0.29) is 29.7 Å². The zero-order valence-corrected chi connectivity index (χ0v) is 11.2. The number of aliphatic hydroxyl groups excluding tert-OH is 1. The minimum Gasteiger partial charge on any atom is -0.389 e. The highest BCUT2D eigenvalue weighted by Crippen LogP contribution is 2.21. The second-order valence-corrected chi connectivity index (χ2v) is 4.79. The van der Waals surface area contributed by atoms with Crippen LogP contribution in [0, 0.1) is 11.6 Å². The highest BCUT2D eigenvalue weighted by Gasteiger charge is 2.09. The lowest BCUT2D eigenvalue weighted by Gasteiger charge is -2.10. The summed E-state index contributed by atoms with van der Waals surface area (Å²) in [6.07, 6.45) is -0.776. The molecule has 2 N–H and O–H groups in total. The number of benzene rings is 1. The number of carbonyl (C=O) groups excluding carboxylic acids is 1. The number of amides is 1. The van der Waals surface area contributed by atoms with Gasteiger partial charge < -0.3 is 15.2 Å². The zero-order valence-electron chi connectivity index (χ0n) is 10.4. The Morgan fingerprint density at radius 2 is 2.26 bits per heavy atom. The van der Waals surface area contributed by atoms with Gasteiger partial charge >= 0.3 is 0 Å². The number of rotatable bonds is 7. The third-order valence-electron chi connectivity index (χ3n) is 2.15. The van der Waals surface area contributed by atoms with Gasteiger partial charge in [-0.3, -0.25) is 4.79 Å². The van der Waals surface area contributed by atoms with E-state index in [2.05, 4.69) is 5.32 Å². The van der Waals surface area contributed by atoms with Gasteiger partial charge in [0, 0.05) is 24.6 Å². The molecule has 0 fully saturated rings. The number of aliphatic hydroxyl groups is 1. The summed E-state index contributed by atoms with van der Waals surface area (Å²) < 4.78 is 30.6. The molecular weight excluding hydrogens is 276 g/mol. The minimum absolute atomic E-state index is 0.0117. The van der Waals surface area contributed by atoms with Crippen LogP contribution in [0.1, 0.15) is 0 Å². The van der Waals surface area contributed by atoms with Gasteiger partial charge in [-0.2, -0.15) is 0 Å². The predicted molar refractivity (Wildman–Crippen MR) is 68.0 cm³/mol. The molecule has 0 saturated carbocycles. The number of ether oxygens (including phenoxy) is 1. The smallest absolute Gasteiger partial charge is 0.230 e. The van der Waals surface area contributed by atoms with Gasteiger partial charge in [-0.25, -0.2) is 8.78 Å². The monoisotopic (exact) mass is 291 g/mol. The fourth-order valence-electron chi connectivity index (χ4n) is 1.27. The molecule has 7 heteroatoms. The number of carbonyl (C=O) groups is 1. The van der Waals surface area contributed by atoms with Gasteiger partial charge in [0.05, 0.1) is 18.5 Å². The Hall–Kier alpha value is -1.18. The molecule has 106 valence electrons. The summed E-state index contributed by atoms with van der Waals surface area (Å²) in [5, 5.41) is 11.8. The second-order valence-electron chi connectivity index (χ2n) is 3.78. The first-order chi connectivity index (χ1) is 9.02. The van der Waals surface area contributed by atoms with E-state index in [1.54, 1.807) is 0 Å². The molecule has 4 nitrogen and oxygen atoms in total. The summed E-state index contributed by atoms with van der Waals surface area (Å²) in [6, 6.07) is 3.18. The van der Waals surface area contributed by atoms with E-state index in [0.717, 1.165) is 23.9 Å². The van der Waals surface area contributed by atoms with E-state index < -0.39 is 17.7 Å². The normalized spacial score (nSPS) is 12.2. The molecule has 0 aromatic heterocycles. The lowest BCUT2D eigenvalue weighted by Crippen LogP contribution is -2.35. The molecule has 0 saturated heterocycles. The fourth-order valence-corrected chi connectivity index (χ4v) is 2.02. The molecule has 1 aromatic carbocycles. The lowest BCUT2D eigenvalue weighted by molar-refractivity contribution is -0.119. The number of hydrogen-bond donors (Lipinski definition) is 2. The average molecular weight is 291 g/mol. The standard InChI is InChI=1S/C12H15F2NO3S/c1-18-6-9(16)5-15-12(17)7-19-11-3-2-8(13)4-10(11)14/h2-4,9,16H,5-7H2,1H3,(H,15,17). The summed E-state index contributed by atoms with van der Waals surface area (Å²) >= 11 is 0.962. The van der Waals surface area contributed by atoms with E-state index in [9.17, 15) is 18.7 Å². The summed E-state index contributed by atoms with van der Waals surface area (Å²) in [5.41, 5.74) is 0. The Morgan fingerprint density at radius 1 is 1.53 bits per heavy atom. The molecular formula is C12H15F2NO3S. The first-order valence-electron chi connectivity index (χ1n) is 5.54. The number of methoxy groups -OCH3 is 1. The van der Waals surface area contributed by atoms with Crippen LogP contribution in [0.3, 0.4) is 0 Å². The second kappa shape index (κ2) is 8.08. The maximum Gasteiger partial charge on any atom is 0.230 e. The average Bonchev–Trinajstić information content (AvgIpc) is 2.35. The molecule has 0 aliphatic carbocycles. The van der Waals surface area contributed by atoms with Crippen LogP contribution in [0.25, 0.3) is 0 Å². The third-order valence-corrected chi connectivity index (χ3v) is 3.20. The summed E-state index contributed by atoms with van der Waals surface area (Å²) in [5.74, 6) is -1.71. The maximum atomic E-state index is 13.3. The highest BCUT2D eigenvalue weighted by atomic mass is 32.2. The fraction of sp³-hybridized carbons (Fsp3) is 0.417. The largest absolute Gasteiger partial charge is 0.389 e. The maximum absolute atomic E-state index is 13.3. The highest BCUT2D eigenvalue weighted by molar-refractivity contribution is 8.00. The van der Waals surface area contributed by atoms with Crippen molar-refractivity contribution in [3.05, 3.63) is 29.8 Å². The van der Waals surface area contributed by atoms with Gasteiger partial charge in [0.25, 0.3) is 0 Å². The van der Waals surface area contributed by atoms with E-state index in [4.69, 9.17) is 4.74 Å². The molecule has 19 heavy (non-hydrogen) atoms. The Morgan fingerprint density at radius 3 is 2.89 bits per heavy atom. The van der Waals surface area contributed by atoms with Crippen LogP contribution in [0.4, 0.5) is 8.78 Å². The number of nitrogens with one attached hydrogen (secondary N) is 1. The van der Waals surface area contributed by atoms with E-state index in [1.165, 1.54) is 13.2 Å². The van der Waals surface area contributed by atoms with Gasteiger partial charge in [-0.05, 0) is 12.1 Å². The molecule has 0 aliphatic rings. The van der Waals surface area contributed by atoms with Crippen LogP contribution in [0.15, 0.2) is 23.1 Å². The Kier molecular flexibility index (Phi) is 6.75. The number of halogens is 2. The van der Waals surface area contributed by atoms with Crippen LogP contribution in [-0.4, -0.2) is 43.1 Å². The Balaban J connectivity index is 2.33. The van der Waals surface area contributed by atoms with Gasteiger partial charge in [-0.15, -0.1) is 11.8 Å². The summed E-state index contributed by atoms with van der Waals surface area (Å²) in [7, 11) is 1.44. The Bertz CT molecular complexity index is 431. The van der Waals surface area contributed by atoms with E-state index in [1.807, 2.05) is 0 Å². The molecule has 0 bridgehead atoms. The first kappa shape index (κ1) is 15.9. The van der Waals surface area contributed by atoms with Crippen molar-refractivity contribution in [2.24, 2.45) is 0 Å². The summed E-state index contributed by atoms with van der Waals surface area (Å²) in [6.45, 7) is 0.194. The van der Waals surface area contributed by atoms with Crippen LogP contribution in [0.5, 0.6) is 0 Å². The quantitative estimate of drug-likeness (QED) is 0.741. The van der Waals surface area contributed by atoms with Gasteiger partial charge in [0.15, 0.2) is 0 Å². The summed E-state index contributed by atoms with van der Waals surface area (Å²) in [4.78, 5) is 11.6. The molecule has 0 spiro atoms. The molecule has 0 heterocycles. The van der Waals surface area contributed by atoms with Crippen molar-refractivity contribution in [2.75, 3.05) is 26.0 Å². The third kappa shape index (κ3) is 6.00. The van der Waals surface area contributed by atoms with Gasteiger partial charge in [0.1, 0.15) is 11.6 Å². The van der Waals surface area contributed by atoms with Crippen molar-refractivity contribution < 1.29 is 23.4 Å². The molecule has 1 rings (SSSR count). The molecule has 0 radical (unpaired) electrons. The minimum atomic E-state index is -0.776. The van der Waals surface area contributed by atoms with E-state index >= 15 is 0 Å². The van der Waals surface area contributed by atoms with Crippen molar-refractivity contribution in [1.29, 1.82) is 0 Å². The van der Waals surface area contributed by atoms with Crippen molar-refractivity contribution in [2.45, 2.75) is 11.0 Å².